The number of para-hydroxylation sites is 1. The number of allylic oxidation sites excluding steroid dienone is 1. The summed E-state index contributed by atoms with van der Waals surface area (Å²) in [7, 11) is 0. The molecule has 0 saturated heterocycles. The van der Waals surface area contributed by atoms with Gasteiger partial charge in [-0.05, 0) is 42.0 Å². The van der Waals surface area contributed by atoms with Crippen LogP contribution in [0.15, 0.2) is 71.0 Å². The fraction of sp³-hybridized carbons (Fsp3) is 0.346. The highest BCUT2D eigenvalue weighted by molar-refractivity contribution is 5.92. The Morgan fingerprint density at radius 1 is 1.09 bits per heavy atom. The zero-order valence-electron chi connectivity index (χ0n) is 17.8. The van der Waals surface area contributed by atoms with E-state index in [4.69, 9.17) is 13.9 Å². The molecule has 3 aromatic rings. The molecule has 2 N–H and O–H groups in total. The molecule has 1 saturated carbocycles. The molecule has 1 fully saturated rings. The molecule has 2 aromatic carbocycles. The maximum atomic E-state index is 12.8. The second kappa shape index (κ2) is 9.18. The van der Waals surface area contributed by atoms with Crippen LogP contribution in [-0.2, 0) is 27.5 Å². The van der Waals surface area contributed by atoms with Crippen LogP contribution in [0.4, 0.5) is 0 Å². The van der Waals surface area contributed by atoms with Crippen molar-refractivity contribution in [1.29, 1.82) is 0 Å². The number of carbonyl (C=O) groups excluding carboxylic acids is 1. The SMILES string of the molecule is O=C(NCC1CC1)C1=CC(c2coc3ccccc23)CC(OCc2ccc(CO)cc2)O1. The van der Waals surface area contributed by atoms with Gasteiger partial charge in [-0.15, -0.1) is 0 Å². The molecule has 0 radical (unpaired) electrons. The van der Waals surface area contributed by atoms with E-state index in [1.165, 1.54) is 12.8 Å². The number of rotatable bonds is 8. The quantitative estimate of drug-likeness (QED) is 0.551. The third-order valence-electron chi connectivity index (χ3n) is 6.08. The maximum absolute atomic E-state index is 12.8. The minimum absolute atomic E-state index is 0.0112. The molecular weight excluding hydrogens is 406 g/mol. The van der Waals surface area contributed by atoms with Crippen LogP contribution in [0.1, 0.15) is 41.9 Å². The van der Waals surface area contributed by atoms with Gasteiger partial charge in [0.25, 0.3) is 5.91 Å². The summed E-state index contributed by atoms with van der Waals surface area (Å²) in [4.78, 5) is 12.8. The number of carbonyl (C=O) groups is 1. The largest absolute Gasteiger partial charge is 0.464 e. The smallest absolute Gasteiger partial charge is 0.286 e. The fourth-order valence-electron chi connectivity index (χ4n) is 4.00. The summed E-state index contributed by atoms with van der Waals surface area (Å²) in [5.74, 6) is 0.629. The van der Waals surface area contributed by atoms with Crippen LogP contribution in [0.3, 0.4) is 0 Å². The molecule has 6 nitrogen and oxygen atoms in total. The van der Waals surface area contributed by atoms with E-state index in [-0.39, 0.29) is 18.4 Å². The van der Waals surface area contributed by atoms with Gasteiger partial charge < -0.3 is 24.3 Å². The summed E-state index contributed by atoms with van der Waals surface area (Å²) in [6, 6.07) is 15.5. The number of aliphatic hydroxyl groups excluding tert-OH is 1. The van der Waals surface area contributed by atoms with Gasteiger partial charge >= 0.3 is 0 Å². The first-order valence-electron chi connectivity index (χ1n) is 11.1. The number of ether oxygens (including phenoxy) is 2. The van der Waals surface area contributed by atoms with Crippen molar-refractivity contribution < 1.29 is 23.8 Å². The molecule has 1 aliphatic carbocycles. The predicted molar refractivity (Wildman–Crippen MR) is 119 cm³/mol. The van der Waals surface area contributed by atoms with Gasteiger partial charge in [-0.1, -0.05) is 42.5 Å². The fourth-order valence-corrected chi connectivity index (χ4v) is 4.00. The summed E-state index contributed by atoms with van der Waals surface area (Å²) >= 11 is 0. The Labute approximate surface area is 186 Å². The molecule has 1 amide bonds. The van der Waals surface area contributed by atoms with Crippen molar-refractivity contribution in [2.45, 2.75) is 44.7 Å². The summed E-state index contributed by atoms with van der Waals surface area (Å²) in [5.41, 5.74) is 3.68. The molecule has 2 heterocycles. The van der Waals surface area contributed by atoms with Crippen LogP contribution in [0.2, 0.25) is 0 Å². The minimum atomic E-state index is -0.558. The summed E-state index contributed by atoms with van der Waals surface area (Å²) < 4.78 is 17.8. The second-order valence-electron chi connectivity index (χ2n) is 8.55. The number of hydrogen-bond donors (Lipinski definition) is 2. The number of nitrogens with one attached hydrogen (secondary N) is 1. The van der Waals surface area contributed by atoms with Gasteiger partial charge in [-0.3, -0.25) is 4.79 Å². The minimum Gasteiger partial charge on any atom is -0.464 e. The molecule has 0 bridgehead atoms. The molecule has 2 unspecified atom stereocenters. The topological polar surface area (TPSA) is 80.9 Å². The lowest BCUT2D eigenvalue weighted by atomic mass is 9.92. The standard InChI is InChI=1S/C26H27NO5/c28-14-18-7-9-19(10-8-18)15-31-25-12-20(22-16-30-23-4-2-1-3-21(22)23)11-24(32-25)26(29)27-13-17-5-6-17/h1-4,7-11,16-17,20,25,28H,5-6,12-15H2,(H,27,29). The Kier molecular flexibility index (Phi) is 5.97. The molecular formula is C26H27NO5. The zero-order chi connectivity index (χ0) is 21.9. The number of amides is 1. The highest BCUT2D eigenvalue weighted by Crippen LogP contribution is 2.36. The van der Waals surface area contributed by atoms with E-state index in [0.717, 1.165) is 27.7 Å². The number of fused-ring (bicyclic) bond motifs is 1. The molecule has 1 aromatic heterocycles. The zero-order valence-corrected chi connectivity index (χ0v) is 17.8. The second-order valence-corrected chi connectivity index (χ2v) is 8.55. The average molecular weight is 434 g/mol. The van der Waals surface area contributed by atoms with E-state index >= 15 is 0 Å². The monoisotopic (exact) mass is 433 g/mol. The van der Waals surface area contributed by atoms with Gasteiger partial charge in [-0.2, -0.15) is 0 Å². The first-order chi connectivity index (χ1) is 15.7. The van der Waals surface area contributed by atoms with Crippen LogP contribution in [-0.4, -0.2) is 23.8 Å². The summed E-state index contributed by atoms with van der Waals surface area (Å²) in [6.07, 6.45) is 6.02. The van der Waals surface area contributed by atoms with Gasteiger partial charge in [-0.25, -0.2) is 0 Å². The Morgan fingerprint density at radius 2 is 1.88 bits per heavy atom. The molecule has 2 atom stereocenters. The number of aliphatic hydroxyl groups is 1. The van der Waals surface area contributed by atoms with E-state index < -0.39 is 6.29 Å². The van der Waals surface area contributed by atoms with E-state index in [1.54, 1.807) is 6.26 Å². The first-order valence-corrected chi connectivity index (χ1v) is 11.1. The van der Waals surface area contributed by atoms with Crippen molar-refractivity contribution in [2.75, 3.05) is 6.54 Å². The Bertz CT molecular complexity index is 1110. The van der Waals surface area contributed by atoms with Gasteiger partial charge in [0.05, 0.1) is 19.5 Å². The van der Waals surface area contributed by atoms with Crippen LogP contribution in [0, 0.1) is 5.92 Å². The number of hydrogen-bond acceptors (Lipinski definition) is 5. The number of furan rings is 1. The van der Waals surface area contributed by atoms with Crippen molar-refractivity contribution in [3.8, 4) is 0 Å². The summed E-state index contributed by atoms with van der Waals surface area (Å²) in [5, 5.41) is 13.2. The van der Waals surface area contributed by atoms with Gasteiger partial charge in [0, 0.05) is 29.8 Å². The molecule has 166 valence electrons. The third kappa shape index (κ3) is 4.71. The van der Waals surface area contributed by atoms with Crippen LogP contribution < -0.4 is 5.32 Å². The van der Waals surface area contributed by atoms with Crippen molar-refractivity contribution >= 4 is 16.9 Å². The van der Waals surface area contributed by atoms with Crippen molar-refractivity contribution in [3.63, 3.8) is 0 Å². The molecule has 1 aliphatic heterocycles. The summed E-state index contributed by atoms with van der Waals surface area (Å²) in [6.45, 7) is 1.05. The van der Waals surface area contributed by atoms with Crippen LogP contribution >= 0.6 is 0 Å². The normalized spacial score (nSPS) is 20.6. The molecule has 5 rings (SSSR count). The number of benzene rings is 2. The van der Waals surface area contributed by atoms with Gasteiger partial charge in [0.2, 0.25) is 6.29 Å². The highest BCUT2D eigenvalue weighted by Gasteiger charge is 2.31. The van der Waals surface area contributed by atoms with Crippen molar-refractivity contribution in [2.24, 2.45) is 5.92 Å². The van der Waals surface area contributed by atoms with Gasteiger partial charge in [0.15, 0.2) is 5.76 Å². The van der Waals surface area contributed by atoms with Gasteiger partial charge in [0.1, 0.15) is 5.58 Å². The lowest BCUT2D eigenvalue weighted by Crippen LogP contribution is -2.33. The van der Waals surface area contributed by atoms with Crippen LogP contribution in [0.25, 0.3) is 11.0 Å². The first kappa shape index (κ1) is 20.8. The third-order valence-corrected chi connectivity index (χ3v) is 6.08. The van der Waals surface area contributed by atoms with E-state index in [1.807, 2.05) is 54.6 Å². The molecule has 6 heteroatoms. The molecule has 32 heavy (non-hydrogen) atoms. The molecule has 2 aliphatic rings. The van der Waals surface area contributed by atoms with Crippen molar-refractivity contribution in [1.82, 2.24) is 5.32 Å². The Balaban J connectivity index is 1.34. The van der Waals surface area contributed by atoms with E-state index in [2.05, 4.69) is 5.32 Å². The average Bonchev–Trinajstić information content (AvgIpc) is 3.57. The highest BCUT2D eigenvalue weighted by atomic mass is 16.7. The predicted octanol–water partition coefficient (Wildman–Crippen LogP) is 4.38. The van der Waals surface area contributed by atoms with E-state index in [9.17, 15) is 9.90 Å². The molecule has 0 spiro atoms. The lowest BCUT2D eigenvalue weighted by Gasteiger charge is -2.29. The lowest BCUT2D eigenvalue weighted by molar-refractivity contribution is -0.150. The van der Waals surface area contributed by atoms with Crippen LogP contribution in [0.5, 0.6) is 0 Å². The Hall–Kier alpha value is -3.09. The maximum Gasteiger partial charge on any atom is 0.286 e. The van der Waals surface area contributed by atoms with Crippen molar-refractivity contribution in [3.05, 3.63) is 83.3 Å². The van der Waals surface area contributed by atoms with E-state index in [0.29, 0.717) is 31.2 Å². The Morgan fingerprint density at radius 3 is 2.66 bits per heavy atom.